The van der Waals surface area contributed by atoms with E-state index < -0.39 is 21.9 Å². The molecule has 0 unspecified atom stereocenters. The first kappa shape index (κ1) is 23.8. The first-order valence-corrected chi connectivity index (χ1v) is 12.6. The molecular formula is C21H30F3N3O3S. The number of halogens is 3. The molecule has 10 heteroatoms. The van der Waals surface area contributed by atoms with Crippen LogP contribution < -0.4 is 10.2 Å². The third kappa shape index (κ3) is 6.83. The van der Waals surface area contributed by atoms with Gasteiger partial charge in [-0.2, -0.15) is 13.2 Å². The van der Waals surface area contributed by atoms with E-state index in [-0.39, 0.29) is 6.04 Å². The van der Waals surface area contributed by atoms with Gasteiger partial charge in [-0.25, -0.2) is 8.42 Å². The topological polar surface area (TPSA) is 69.7 Å². The van der Waals surface area contributed by atoms with Gasteiger partial charge in [0, 0.05) is 44.2 Å². The minimum absolute atomic E-state index is 0.328. The molecule has 1 heterocycles. The Morgan fingerprint density at radius 3 is 2.32 bits per heavy atom. The van der Waals surface area contributed by atoms with Crippen LogP contribution in [-0.4, -0.2) is 70.4 Å². The Bertz CT molecular complexity index is 860. The van der Waals surface area contributed by atoms with Gasteiger partial charge in [0.15, 0.2) is 9.84 Å². The number of nitrogens with one attached hydrogen (secondary N) is 1. The van der Waals surface area contributed by atoms with Crippen molar-refractivity contribution < 1.29 is 26.4 Å². The van der Waals surface area contributed by atoms with Gasteiger partial charge < -0.3 is 10.2 Å². The second-order valence-corrected chi connectivity index (χ2v) is 10.6. The van der Waals surface area contributed by atoms with Crippen molar-refractivity contribution in [3.05, 3.63) is 24.3 Å². The summed E-state index contributed by atoms with van der Waals surface area (Å²) in [6.07, 6.45) is 0.256. The molecule has 0 spiro atoms. The lowest BCUT2D eigenvalue weighted by Crippen LogP contribution is -2.47. The number of anilines is 1. The predicted octanol–water partition coefficient (Wildman–Crippen LogP) is 2.84. The van der Waals surface area contributed by atoms with E-state index in [0.29, 0.717) is 23.7 Å². The molecule has 6 nitrogen and oxygen atoms in total. The molecule has 31 heavy (non-hydrogen) atoms. The van der Waals surface area contributed by atoms with Crippen LogP contribution >= 0.6 is 0 Å². The number of rotatable bonds is 6. The zero-order valence-electron chi connectivity index (χ0n) is 17.7. The van der Waals surface area contributed by atoms with Crippen LogP contribution in [-0.2, 0) is 14.6 Å². The van der Waals surface area contributed by atoms with Gasteiger partial charge in [-0.1, -0.05) is 6.07 Å². The average Bonchev–Trinajstić information content (AvgIpc) is 2.72. The fraction of sp³-hybridized carbons (Fsp3) is 0.667. The van der Waals surface area contributed by atoms with Gasteiger partial charge in [0.05, 0.1) is 4.90 Å². The van der Waals surface area contributed by atoms with Crippen LogP contribution in [0.5, 0.6) is 0 Å². The van der Waals surface area contributed by atoms with Crippen molar-refractivity contribution in [2.45, 2.75) is 49.2 Å². The van der Waals surface area contributed by atoms with Crippen molar-refractivity contribution in [3.63, 3.8) is 0 Å². The van der Waals surface area contributed by atoms with Crippen LogP contribution in [0, 0.1) is 5.92 Å². The van der Waals surface area contributed by atoms with E-state index in [1.165, 1.54) is 6.26 Å². The summed E-state index contributed by atoms with van der Waals surface area (Å²) < 4.78 is 60.7. The van der Waals surface area contributed by atoms with E-state index in [1.54, 1.807) is 18.2 Å². The number of nitrogens with zero attached hydrogens (tertiary/aromatic N) is 2. The maximum Gasteiger partial charge on any atom is 0.471 e. The molecule has 1 N–H and O–H groups in total. The number of piperazine rings is 1. The Balaban J connectivity index is 1.38. The Labute approximate surface area is 181 Å². The molecule has 174 valence electrons. The van der Waals surface area contributed by atoms with Crippen LogP contribution in [0.1, 0.15) is 32.1 Å². The van der Waals surface area contributed by atoms with E-state index in [2.05, 4.69) is 15.1 Å². The maximum atomic E-state index is 12.4. The predicted molar refractivity (Wildman–Crippen MR) is 113 cm³/mol. The van der Waals surface area contributed by atoms with Gasteiger partial charge in [0.1, 0.15) is 0 Å². The second kappa shape index (κ2) is 9.77. The van der Waals surface area contributed by atoms with Crippen molar-refractivity contribution in [2.75, 3.05) is 43.9 Å². The highest BCUT2D eigenvalue weighted by Gasteiger charge is 2.40. The zero-order chi connectivity index (χ0) is 22.6. The number of alkyl halides is 3. The van der Waals surface area contributed by atoms with Crippen LogP contribution in [0.4, 0.5) is 18.9 Å². The lowest BCUT2D eigenvalue weighted by molar-refractivity contribution is -0.174. The Hall–Kier alpha value is -1.81. The number of hydrogen-bond acceptors (Lipinski definition) is 5. The minimum Gasteiger partial charge on any atom is -0.369 e. The number of carbonyl (C=O) groups excluding carboxylic acids is 1. The van der Waals surface area contributed by atoms with Crippen molar-refractivity contribution in [1.29, 1.82) is 0 Å². The second-order valence-electron chi connectivity index (χ2n) is 8.58. The molecule has 0 atom stereocenters. The highest BCUT2D eigenvalue weighted by molar-refractivity contribution is 7.90. The van der Waals surface area contributed by atoms with Crippen LogP contribution in [0.2, 0.25) is 0 Å². The van der Waals surface area contributed by atoms with E-state index in [0.717, 1.165) is 57.7 Å². The van der Waals surface area contributed by atoms with Crippen molar-refractivity contribution in [2.24, 2.45) is 5.92 Å². The number of sulfone groups is 1. The summed E-state index contributed by atoms with van der Waals surface area (Å²) in [5.74, 6) is -1.36. The fourth-order valence-electron chi connectivity index (χ4n) is 4.37. The molecule has 2 fully saturated rings. The largest absolute Gasteiger partial charge is 0.471 e. The normalized spacial score (nSPS) is 23.5. The van der Waals surface area contributed by atoms with Crippen LogP contribution in [0.25, 0.3) is 0 Å². The number of carbonyl (C=O) groups is 1. The maximum absolute atomic E-state index is 12.4. The molecule has 1 aliphatic carbocycles. The van der Waals surface area contributed by atoms with Crippen LogP contribution in [0.3, 0.4) is 0 Å². The molecule has 0 bridgehead atoms. The SMILES string of the molecule is CS(=O)(=O)c1cccc(N2CCN(CC[C@H]3CC[C@H](NC(=O)C(F)(F)F)CC3)CC2)c1. The summed E-state index contributed by atoms with van der Waals surface area (Å²) in [5, 5.41) is 2.10. The van der Waals surface area contributed by atoms with Gasteiger partial charge in [0.25, 0.3) is 0 Å². The molecular weight excluding hydrogens is 431 g/mol. The van der Waals surface area contributed by atoms with Gasteiger partial charge in [0.2, 0.25) is 0 Å². The molecule has 1 saturated heterocycles. The van der Waals surface area contributed by atoms with E-state index in [4.69, 9.17) is 0 Å². The summed E-state index contributed by atoms with van der Waals surface area (Å²) >= 11 is 0. The first-order chi connectivity index (χ1) is 14.5. The minimum atomic E-state index is -4.81. The van der Waals surface area contributed by atoms with E-state index in [9.17, 15) is 26.4 Å². The molecule has 1 aromatic carbocycles. The Morgan fingerprint density at radius 1 is 1.10 bits per heavy atom. The molecule has 0 radical (unpaired) electrons. The van der Waals surface area contributed by atoms with Gasteiger partial charge in [-0.3, -0.25) is 9.69 Å². The summed E-state index contributed by atoms with van der Waals surface area (Å²) in [6.45, 7) is 4.37. The lowest BCUT2D eigenvalue weighted by atomic mass is 9.84. The average molecular weight is 462 g/mol. The molecule has 1 amide bonds. The molecule has 1 aromatic rings. The van der Waals surface area contributed by atoms with Gasteiger partial charge in [-0.05, 0) is 62.8 Å². The standard InChI is InChI=1S/C21H30F3N3O3S/c1-31(29,30)19-4-2-3-18(15-19)27-13-11-26(12-14-27)10-9-16-5-7-17(8-6-16)25-20(28)21(22,23)24/h2-4,15-17H,5-14H2,1H3,(H,25,28)/t16-,17-. The molecule has 1 aliphatic heterocycles. The van der Waals surface area contributed by atoms with E-state index in [1.807, 2.05) is 6.07 Å². The van der Waals surface area contributed by atoms with Gasteiger partial charge in [-0.15, -0.1) is 0 Å². The Kier molecular flexibility index (Phi) is 7.51. The van der Waals surface area contributed by atoms with Crippen LogP contribution in [0.15, 0.2) is 29.2 Å². The molecule has 1 saturated carbocycles. The molecule has 3 rings (SSSR count). The number of hydrogen-bond donors (Lipinski definition) is 1. The zero-order valence-corrected chi connectivity index (χ0v) is 18.5. The number of amides is 1. The number of benzene rings is 1. The molecule has 2 aliphatic rings. The third-order valence-electron chi connectivity index (χ3n) is 6.28. The van der Waals surface area contributed by atoms with Crippen molar-refractivity contribution in [1.82, 2.24) is 10.2 Å². The summed E-state index contributed by atoms with van der Waals surface area (Å²) in [6, 6.07) is 6.65. The highest BCUT2D eigenvalue weighted by atomic mass is 32.2. The molecule has 0 aromatic heterocycles. The Morgan fingerprint density at radius 2 is 1.74 bits per heavy atom. The van der Waals surface area contributed by atoms with Crippen molar-refractivity contribution in [3.8, 4) is 0 Å². The fourth-order valence-corrected chi connectivity index (χ4v) is 5.03. The summed E-state index contributed by atoms with van der Waals surface area (Å²) in [7, 11) is -3.23. The third-order valence-corrected chi connectivity index (χ3v) is 7.39. The summed E-state index contributed by atoms with van der Waals surface area (Å²) in [4.78, 5) is 16.0. The van der Waals surface area contributed by atoms with Crippen molar-refractivity contribution >= 4 is 21.4 Å². The summed E-state index contributed by atoms with van der Waals surface area (Å²) in [5.41, 5.74) is 0.918. The highest BCUT2D eigenvalue weighted by Crippen LogP contribution is 2.28. The monoisotopic (exact) mass is 461 g/mol. The van der Waals surface area contributed by atoms with E-state index >= 15 is 0 Å². The van der Waals surface area contributed by atoms with Gasteiger partial charge >= 0.3 is 12.1 Å². The smallest absolute Gasteiger partial charge is 0.369 e. The first-order valence-electron chi connectivity index (χ1n) is 10.7. The lowest BCUT2D eigenvalue weighted by Gasteiger charge is -2.37. The quantitative estimate of drug-likeness (QED) is 0.706.